The number of hydrogen-bond acceptors (Lipinski definition) is 6. The fraction of sp³-hybridized carbons (Fsp3) is 0.471. The van der Waals surface area contributed by atoms with Crippen molar-refractivity contribution in [3.05, 3.63) is 24.3 Å². The first-order valence-corrected chi connectivity index (χ1v) is 8.11. The maximum atomic E-state index is 12.2. The quantitative estimate of drug-likeness (QED) is 0.534. The molecule has 1 aliphatic rings. The number of nitrogens with zero attached hydrogens (tertiary/aromatic N) is 1. The van der Waals surface area contributed by atoms with Gasteiger partial charge in [0.1, 0.15) is 5.75 Å². The van der Waals surface area contributed by atoms with Crippen molar-refractivity contribution < 1.29 is 23.9 Å². The van der Waals surface area contributed by atoms with Crippen LogP contribution in [0.15, 0.2) is 24.3 Å². The van der Waals surface area contributed by atoms with Crippen LogP contribution >= 0.6 is 0 Å². The third kappa shape index (κ3) is 5.10. The molecule has 0 spiro atoms. The number of likely N-dealkylation sites (N-methyl/N-ethyl adjacent to an activating group) is 1. The van der Waals surface area contributed by atoms with Crippen LogP contribution in [-0.2, 0) is 19.1 Å². The van der Waals surface area contributed by atoms with Crippen molar-refractivity contribution in [1.82, 2.24) is 10.6 Å². The molecule has 0 aliphatic carbocycles. The molecule has 8 nitrogen and oxygen atoms in total. The summed E-state index contributed by atoms with van der Waals surface area (Å²) in [6.07, 6.45) is 0.0987. The maximum absolute atomic E-state index is 12.2. The minimum Gasteiger partial charge on any atom is -0.477 e. The van der Waals surface area contributed by atoms with Crippen molar-refractivity contribution >= 4 is 23.5 Å². The lowest BCUT2D eigenvalue weighted by Crippen LogP contribution is -2.50. The molecule has 0 saturated heterocycles. The summed E-state index contributed by atoms with van der Waals surface area (Å²) in [5.74, 6) is -0.152. The summed E-state index contributed by atoms with van der Waals surface area (Å²) in [5.41, 5.74) is 0.771. The van der Waals surface area contributed by atoms with Crippen LogP contribution in [0.4, 0.5) is 5.69 Å². The molecule has 0 saturated carbocycles. The number of anilines is 1. The number of carbonyl (C=O) groups excluding carboxylic acids is 3. The van der Waals surface area contributed by atoms with Crippen LogP contribution < -0.4 is 20.3 Å². The molecule has 1 aromatic rings. The number of benzene rings is 1. The Kier molecular flexibility index (Phi) is 6.62. The molecule has 2 rings (SSSR count). The van der Waals surface area contributed by atoms with Gasteiger partial charge in [0.05, 0.1) is 25.9 Å². The number of hydrogen-bond donors (Lipinski definition) is 2. The highest BCUT2D eigenvalue weighted by Crippen LogP contribution is 2.32. The second-order valence-electron chi connectivity index (χ2n) is 5.60. The molecule has 0 radical (unpaired) electrons. The van der Waals surface area contributed by atoms with E-state index < -0.39 is 6.10 Å². The zero-order valence-electron chi connectivity index (χ0n) is 14.4. The Balaban J connectivity index is 1.94. The van der Waals surface area contributed by atoms with Crippen molar-refractivity contribution in [2.75, 3.05) is 38.7 Å². The second kappa shape index (κ2) is 8.91. The molecule has 1 aliphatic heterocycles. The largest absolute Gasteiger partial charge is 0.477 e. The Bertz CT molecular complexity index is 634. The molecule has 0 unspecified atom stereocenters. The number of rotatable bonds is 7. The van der Waals surface area contributed by atoms with Crippen LogP contribution in [0.2, 0.25) is 0 Å². The van der Waals surface area contributed by atoms with E-state index in [0.29, 0.717) is 18.7 Å². The topological polar surface area (TPSA) is 97.0 Å². The monoisotopic (exact) mass is 349 g/mol. The van der Waals surface area contributed by atoms with Crippen LogP contribution in [0.3, 0.4) is 0 Å². The molecule has 8 heteroatoms. The van der Waals surface area contributed by atoms with Crippen LogP contribution in [0, 0.1) is 0 Å². The lowest BCUT2D eigenvalue weighted by atomic mass is 10.1. The first-order valence-electron chi connectivity index (χ1n) is 8.11. The number of methoxy groups -OCH3 is 1. The van der Waals surface area contributed by atoms with Crippen molar-refractivity contribution in [1.29, 1.82) is 0 Å². The zero-order chi connectivity index (χ0) is 18.2. The predicted octanol–water partition coefficient (Wildman–Crippen LogP) is 0.0694. The highest BCUT2D eigenvalue weighted by molar-refractivity contribution is 5.86. The number of esters is 1. The molecular weight excluding hydrogens is 326 g/mol. The van der Waals surface area contributed by atoms with Gasteiger partial charge in [-0.15, -0.1) is 0 Å². The van der Waals surface area contributed by atoms with E-state index in [1.165, 1.54) is 7.11 Å². The molecule has 1 atom stereocenters. The van der Waals surface area contributed by atoms with E-state index in [4.69, 9.17) is 4.74 Å². The van der Waals surface area contributed by atoms with Gasteiger partial charge in [0, 0.05) is 20.0 Å². The molecular formula is C17H23N3O5. The fourth-order valence-corrected chi connectivity index (χ4v) is 2.55. The van der Waals surface area contributed by atoms with Gasteiger partial charge >= 0.3 is 5.97 Å². The van der Waals surface area contributed by atoms with E-state index in [1.54, 1.807) is 13.1 Å². The molecule has 1 heterocycles. The summed E-state index contributed by atoms with van der Waals surface area (Å²) < 4.78 is 10.2. The Morgan fingerprint density at radius 2 is 2.08 bits per heavy atom. The number of carbonyl (C=O) groups is 3. The van der Waals surface area contributed by atoms with Gasteiger partial charge in [0.25, 0.3) is 5.91 Å². The molecule has 2 amide bonds. The van der Waals surface area contributed by atoms with Gasteiger partial charge in [-0.25, -0.2) is 0 Å². The predicted molar refractivity (Wildman–Crippen MR) is 91.4 cm³/mol. The van der Waals surface area contributed by atoms with Crippen molar-refractivity contribution in [2.45, 2.75) is 18.9 Å². The van der Waals surface area contributed by atoms with Crippen LogP contribution in [-0.4, -0.2) is 57.7 Å². The molecule has 0 fully saturated rings. The van der Waals surface area contributed by atoms with Crippen molar-refractivity contribution in [2.24, 2.45) is 0 Å². The highest BCUT2D eigenvalue weighted by Gasteiger charge is 2.30. The van der Waals surface area contributed by atoms with Gasteiger partial charge in [0.2, 0.25) is 5.91 Å². The molecule has 2 N–H and O–H groups in total. The molecule has 136 valence electrons. The van der Waals surface area contributed by atoms with E-state index >= 15 is 0 Å². The SMILES string of the molecule is CNC(=O)[C@@H]1CN(CC(=O)NCCCC(=O)OC)c2ccccc2O1. The highest BCUT2D eigenvalue weighted by atomic mass is 16.5. The van der Waals surface area contributed by atoms with Gasteiger partial charge in [-0.3, -0.25) is 14.4 Å². The van der Waals surface area contributed by atoms with E-state index in [9.17, 15) is 14.4 Å². The average molecular weight is 349 g/mol. The molecule has 25 heavy (non-hydrogen) atoms. The van der Waals surface area contributed by atoms with E-state index in [2.05, 4.69) is 15.4 Å². The molecule has 1 aromatic carbocycles. The lowest BCUT2D eigenvalue weighted by molar-refractivity contribution is -0.140. The summed E-state index contributed by atoms with van der Waals surface area (Å²) in [7, 11) is 2.88. The summed E-state index contributed by atoms with van der Waals surface area (Å²) in [6.45, 7) is 0.775. The minimum absolute atomic E-state index is 0.103. The number of amides is 2. The first-order chi connectivity index (χ1) is 12.0. The Hall–Kier alpha value is -2.77. The van der Waals surface area contributed by atoms with Gasteiger partial charge in [0.15, 0.2) is 6.10 Å². The normalized spacial score (nSPS) is 15.6. The Labute approximate surface area is 146 Å². The van der Waals surface area contributed by atoms with Gasteiger partial charge < -0.3 is 25.0 Å². The second-order valence-corrected chi connectivity index (χ2v) is 5.60. The van der Waals surface area contributed by atoms with Crippen molar-refractivity contribution in [3.63, 3.8) is 0 Å². The summed E-state index contributed by atoms with van der Waals surface area (Å²) in [5, 5.41) is 5.33. The van der Waals surface area contributed by atoms with Crippen LogP contribution in [0.5, 0.6) is 5.75 Å². The van der Waals surface area contributed by atoms with E-state index in [0.717, 1.165) is 5.69 Å². The molecule has 0 bridgehead atoms. The Morgan fingerprint density at radius 1 is 1.32 bits per heavy atom. The lowest BCUT2D eigenvalue weighted by Gasteiger charge is -2.35. The maximum Gasteiger partial charge on any atom is 0.305 e. The van der Waals surface area contributed by atoms with Crippen LogP contribution in [0.25, 0.3) is 0 Å². The summed E-state index contributed by atoms with van der Waals surface area (Å²) >= 11 is 0. The number of fused-ring (bicyclic) bond motifs is 1. The van der Waals surface area contributed by atoms with Gasteiger partial charge in [-0.2, -0.15) is 0 Å². The van der Waals surface area contributed by atoms with E-state index in [-0.39, 0.29) is 37.3 Å². The third-order valence-electron chi connectivity index (χ3n) is 3.84. The number of para-hydroxylation sites is 2. The van der Waals surface area contributed by atoms with Crippen LogP contribution in [0.1, 0.15) is 12.8 Å². The minimum atomic E-state index is -0.674. The summed E-state index contributed by atoms with van der Waals surface area (Å²) in [4.78, 5) is 36.9. The van der Waals surface area contributed by atoms with Crippen molar-refractivity contribution in [3.8, 4) is 5.75 Å². The number of nitrogens with one attached hydrogen (secondary N) is 2. The first kappa shape index (κ1) is 18.6. The summed E-state index contributed by atoms with van der Waals surface area (Å²) in [6, 6.07) is 7.28. The number of ether oxygens (including phenoxy) is 2. The average Bonchev–Trinajstić information content (AvgIpc) is 2.64. The van der Waals surface area contributed by atoms with Gasteiger partial charge in [-0.05, 0) is 18.6 Å². The standard InChI is InChI=1S/C17H23N3O5/c1-18-17(23)14-10-20(12-6-3-4-7-13(12)25-14)11-15(21)19-9-5-8-16(22)24-2/h3-4,6-7,14H,5,8-11H2,1-2H3,(H,18,23)(H,19,21)/t14-/m0/s1. The molecule has 0 aromatic heterocycles. The third-order valence-corrected chi connectivity index (χ3v) is 3.84. The zero-order valence-corrected chi connectivity index (χ0v) is 14.4. The van der Waals surface area contributed by atoms with E-state index in [1.807, 2.05) is 23.1 Å². The Morgan fingerprint density at radius 3 is 2.80 bits per heavy atom. The van der Waals surface area contributed by atoms with Gasteiger partial charge in [-0.1, -0.05) is 12.1 Å². The fourth-order valence-electron chi connectivity index (χ4n) is 2.55. The smallest absolute Gasteiger partial charge is 0.305 e.